The van der Waals surface area contributed by atoms with Gasteiger partial charge in [0.2, 0.25) is 0 Å². The third-order valence-corrected chi connectivity index (χ3v) is 1.50. The van der Waals surface area contributed by atoms with Crippen molar-refractivity contribution in [2.45, 2.75) is 12.5 Å². The van der Waals surface area contributed by atoms with Crippen molar-refractivity contribution in [3.63, 3.8) is 0 Å². The van der Waals surface area contributed by atoms with E-state index in [0.717, 1.165) is 5.69 Å². The van der Waals surface area contributed by atoms with Crippen molar-refractivity contribution in [1.29, 1.82) is 0 Å². The molecule has 1 aromatic heterocycles. The van der Waals surface area contributed by atoms with Gasteiger partial charge in [-0.1, -0.05) is 5.21 Å². The molecule has 0 amide bonds. The van der Waals surface area contributed by atoms with Crippen LogP contribution in [0.4, 0.5) is 0 Å². The van der Waals surface area contributed by atoms with Crippen molar-refractivity contribution < 1.29 is 4.74 Å². The topological polar surface area (TPSA) is 66.0 Å². The van der Waals surface area contributed by atoms with Gasteiger partial charge in [-0.15, -0.1) is 5.10 Å². The summed E-state index contributed by atoms with van der Waals surface area (Å²) < 4.78 is 6.56. The minimum absolute atomic E-state index is 0.00620. The Morgan fingerprint density at radius 1 is 1.75 bits per heavy atom. The summed E-state index contributed by atoms with van der Waals surface area (Å²) in [6.07, 6.45) is 2.57. The van der Waals surface area contributed by atoms with Crippen LogP contribution < -0.4 is 5.73 Å². The zero-order chi connectivity index (χ0) is 8.97. The number of nitrogens with zero attached hydrogens (tertiary/aromatic N) is 3. The third-order valence-electron chi connectivity index (χ3n) is 1.50. The van der Waals surface area contributed by atoms with Crippen molar-refractivity contribution in [2.75, 3.05) is 13.7 Å². The lowest BCUT2D eigenvalue weighted by atomic mass is 10.2. The van der Waals surface area contributed by atoms with Crippen molar-refractivity contribution in [1.82, 2.24) is 15.0 Å². The lowest BCUT2D eigenvalue weighted by molar-refractivity contribution is 0.179. The quantitative estimate of drug-likeness (QED) is 0.651. The van der Waals surface area contributed by atoms with Crippen LogP contribution in [0.3, 0.4) is 0 Å². The van der Waals surface area contributed by atoms with Crippen LogP contribution in [0.25, 0.3) is 0 Å². The summed E-state index contributed by atoms with van der Waals surface area (Å²) in [5.41, 5.74) is 6.63. The molecule has 1 rings (SSSR count). The Balaban J connectivity index is 2.41. The molecule has 0 saturated carbocycles. The number of methoxy groups -OCH3 is 1. The van der Waals surface area contributed by atoms with E-state index in [2.05, 4.69) is 10.3 Å². The summed E-state index contributed by atoms with van der Waals surface area (Å²) in [5.74, 6) is 0. The Morgan fingerprint density at radius 3 is 3.00 bits per heavy atom. The molecule has 0 radical (unpaired) electrons. The molecule has 1 heterocycles. The standard InChI is InChI=1S/C7H14N4O/c1-11-4-7(9-10-11)3-6(8)5-12-2/h4,6H,3,5,8H2,1-2H3. The van der Waals surface area contributed by atoms with E-state index in [4.69, 9.17) is 10.5 Å². The van der Waals surface area contributed by atoms with Crippen molar-refractivity contribution in [2.24, 2.45) is 12.8 Å². The Labute approximate surface area is 71.5 Å². The van der Waals surface area contributed by atoms with Gasteiger partial charge in [0.1, 0.15) is 0 Å². The van der Waals surface area contributed by atoms with Crippen LogP contribution in [0.5, 0.6) is 0 Å². The fourth-order valence-electron chi connectivity index (χ4n) is 1.03. The molecule has 0 fully saturated rings. The monoisotopic (exact) mass is 170 g/mol. The van der Waals surface area contributed by atoms with Gasteiger partial charge in [0.25, 0.3) is 0 Å². The number of nitrogens with two attached hydrogens (primary N) is 1. The molecule has 2 N–H and O–H groups in total. The predicted molar refractivity (Wildman–Crippen MR) is 44.6 cm³/mol. The first-order valence-corrected chi connectivity index (χ1v) is 3.82. The largest absolute Gasteiger partial charge is 0.383 e. The van der Waals surface area contributed by atoms with Crippen molar-refractivity contribution in [3.05, 3.63) is 11.9 Å². The fraction of sp³-hybridized carbons (Fsp3) is 0.714. The van der Waals surface area contributed by atoms with E-state index in [9.17, 15) is 0 Å². The van der Waals surface area contributed by atoms with Gasteiger partial charge in [-0.05, 0) is 0 Å². The molecule has 68 valence electrons. The zero-order valence-corrected chi connectivity index (χ0v) is 7.40. The van der Waals surface area contributed by atoms with Crippen molar-refractivity contribution in [3.8, 4) is 0 Å². The van der Waals surface area contributed by atoms with E-state index in [1.807, 2.05) is 13.2 Å². The summed E-state index contributed by atoms with van der Waals surface area (Å²) in [4.78, 5) is 0. The molecule has 12 heavy (non-hydrogen) atoms. The molecule has 1 unspecified atom stereocenters. The Morgan fingerprint density at radius 2 is 2.50 bits per heavy atom. The molecule has 0 aromatic carbocycles. The first kappa shape index (κ1) is 9.15. The minimum Gasteiger partial charge on any atom is -0.383 e. The van der Waals surface area contributed by atoms with Crippen molar-refractivity contribution >= 4 is 0 Å². The van der Waals surface area contributed by atoms with E-state index in [0.29, 0.717) is 13.0 Å². The average molecular weight is 170 g/mol. The molecule has 0 aliphatic carbocycles. The molecule has 0 aliphatic rings. The Kier molecular flexibility index (Phi) is 3.19. The number of hydrogen-bond donors (Lipinski definition) is 1. The van der Waals surface area contributed by atoms with E-state index in [-0.39, 0.29) is 6.04 Å². The number of aromatic nitrogens is 3. The van der Waals surface area contributed by atoms with Gasteiger partial charge in [-0.25, -0.2) is 0 Å². The van der Waals surface area contributed by atoms with Gasteiger partial charge >= 0.3 is 0 Å². The second kappa shape index (κ2) is 4.18. The van der Waals surface area contributed by atoms with E-state index >= 15 is 0 Å². The molecule has 0 bridgehead atoms. The molecule has 0 aliphatic heterocycles. The SMILES string of the molecule is COCC(N)Cc1cn(C)nn1. The smallest absolute Gasteiger partial charge is 0.0843 e. The molecule has 5 nitrogen and oxygen atoms in total. The van der Waals surface area contributed by atoms with Crippen LogP contribution in [0.15, 0.2) is 6.20 Å². The van der Waals surface area contributed by atoms with Gasteiger partial charge in [0.15, 0.2) is 0 Å². The molecule has 0 spiro atoms. The van der Waals surface area contributed by atoms with Gasteiger partial charge in [0.05, 0.1) is 12.3 Å². The van der Waals surface area contributed by atoms with E-state index in [1.54, 1.807) is 11.8 Å². The summed E-state index contributed by atoms with van der Waals surface area (Å²) in [7, 11) is 3.47. The first-order valence-electron chi connectivity index (χ1n) is 3.82. The van der Waals surface area contributed by atoms with Crippen LogP contribution in [0, 0.1) is 0 Å². The molecule has 1 atom stereocenters. The van der Waals surface area contributed by atoms with Crippen LogP contribution in [0.2, 0.25) is 0 Å². The zero-order valence-electron chi connectivity index (χ0n) is 7.40. The molecular weight excluding hydrogens is 156 g/mol. The highest BCUT2D eigenvalue weighted by Gasteiger charge is 2.05. The number of ether oxygens (including phenoxy) is 1. The summed E-state index contributed by atoms with van der Waals surface area (Å²) in [6.45, 7) is 0.552. The number of rotatable bonds is 4. The lowest BCUT2D eigenvalue weighted by Gasteiger charge is -2.06. The summed E-state index contributed by atoms with van der Waals surface area (Å²) in [5, 5.41) is 7.72. The lowest BCUT2D eigenvalue weighted by Crippen LogP contribution is -2.28. The maximum absolute atomic E-state index is 5.72. The third kappa shape index (κ3) is 2.60. The van der Waals surface area contributed by atoms with Gasteiger partial charge in [-0.3, -0.25) is 4.68 Å². The Hall–Kier alpha value is -0.940. The summed E-state index contributed by atoms with van der Waals surface area (Å²) >= 11 is 0. The first-order chi connectivity index (χ1) is 5.72. The fourth-order valence-corrected chi connectivity index (χ4v) is 1.03. The highest BCUT2D eigenvalue weighted by Crippen LogP contribution is 1.96. The van der Waals surface area contributed by atoms with E-state index in [1.165, 1.54) is 0 Å². The highest BCUT2D eigenvalue weighted by molar-refractivity contribution is 4.94. The number of aryl methyl sites for hydroxylation is 1. The molecule has 5 heteroatoms. The maximum atomic E-state index is 5.72. The second-order valence-electron chi connectivity index (χ2n) is 2.80. The Bertz CT molecular complexity index is 235. The predicted octanol–water partition coefficient (Wildman–Crippen LogP) is -0.669. The molecule has 1 aromatic rings. The minimum atomic E-state index is 0.00620. The summed E-state index contributed by atoms with van der Waals surface area (Å²) in [6, 6.07) is 0.00620. The van der Waals surface area contributed by atoms with Crippen LogP contribution in [-0.4, -0.2) is 34.8 Å². The van der Waals surface area contributed by atoms with Gasteiger partial charge in [0, 0.05) is 32.8 Å². The van der Waals surface area contributed by atoms with Gasteiger partial charge in [-0.2, -0.15) is 0 Å². The molecular formula is C7H14N4O. The van der Waals surface area contributed by atoms with E-state index < -0.39 is 0 Å². The molecule has 0 saturated heterocycles. The highest BCUT2D eigenvalue weighted by atomic mass is 16.5. The number of hydrogen-bond acceptors (Lipinski definition) is 4. The average Bonchev–Trinajstić information content (AvgIpc) is 2.36. The second-order valence-corrected chi connectivity index (χ2v) is 2.80. The van der Waals surface area contributed by atoms with Crippen LogP contribution in [-0.2, 0) is 18.2 Å². The van der Waals surface area contributed by atoms with Crippen LogP contribution in [0.1, 0.15) is 5.69 Å². The normalized spacial score (nSPS) is 13.2. The van der Waals surface area contributed by atoms with Crippen LogP contribution >= 0.6 is 0 Å². The van der Waals surface area contributed by atoms with Gasteiger partial charge < -0.3 is 10.5 Å². The maximum Gasteiger partial charge on any atom is 0.0843 e.